The maximum Gasteiger partial charge on any atom is 0.213 e. The molecular formula is C27H23F3N+. The first-order valence-electron chi connectivity index (χ1n) is 10.1. The molecule has 0 radical (unpaired) electrons. The Morgan fingerprint density at radius 1 is 0.645 bits per heavy atom. The molecule has 0 unspecified atom stereocenters. The number of nitrogens with zero attached hydrogens (tertiary/aromatic N) is 1. The summed E-state index contributed by atoms with van der Waals surface area (Å²) in [5.41, 5.74) is 7.74. The van der Waals surface area contributed by atoms with E-state index in [0.717, 1.165) is 28.5 Å². The van der Waals surface area contributed by atoms with Gasteiger partial charge in [-0.05, 0) is 66.8 Å². The zero-order chi connectivity index (χ0) is 22.3. The van der Waals surface area contributed by atoms with Crippen molar-refractivity contribution in [3.05, 3.63) is 101 Å². The Hall–Kier alpha value is -3.40. The van der Waals surface area contributed by atoms with E-state index in [-0.39, 0.29) is 5.82 Å². The van der Waals surface area contributed by atoms with Crippen molar-refractivity contribution in [2.75, 3.05) is 0 Å². The molecule has 1 heterocycles. The minimum atomic E-state index is -0.630. The fraction of sp³-hybridized carbons (Fsp3) is 0.148. The van der Waals surface area contributed by atoms with Crippen LogP contribution in [0.2, 0.25) is 0 Å². The topological polar surface area (TPSA) is 3.88 Å². The van der Waals surface area contributed by atoms with Gasteiger partial charge in [0.05, 0.1) is 0 Å². The van der Waals surface area contributed by atoms with Gasteiger partial charge in [-0.15, -0.1) is 0 Å². The molecule has 0 atom stereocenters. The van der Waals surface area contributed by atoms with E-state index in [2.05, 4.69) is 26.0 Å². The van der Waals surface area contributed by atoms with Crippen molar-refractivity contribution >= 4 is 0 Å². The maximum absolute atomic E-state index is 14.9. The van der Waals surface area contributed by atoms with Crippen LogP contribution in [-0.4, -0.2) is 0 Å². The molecule has 1 aromatic heterocycles. The summed E-state index contributed by atoms with van der Waals surface area (Å²) < 4.78 is 43.8. The molecule has 0 aliphatic carbocycles. The molecule has 0 N–H and O–H groups in total. The van der Waals surface area contributed by atoms with Crippen molar-refractivity contribution in [1.82, 2.24) is 0 Å². The Balaban J connectivity index is 1.80. The van der Waals surface area contributed by atoms with Gasteiger partial charge in [0.25, 0.3) is 0 Å². The van der Waals surface area contributed by atoms with E-state index in [1.807, 2.05) is 20.0 Å². The molecule has 4 heteroatoms. The van der Waals surface area contributed by atoms with Gasteiger partial charge in [-0.1, -0.05) is 35.9 Å². The summed E-state index contributed by atoms with van der Waals surface area (Å²) in [5, 5.41) is 0. The molecule has 4 aromatic rings. The van der Waals surface area contributed by atoms with Gasteiger partial charge in [0, 0.05) is 23.3 Å². The number of hydrogen-bond donors (Lipinski definition) is 0. The summed E-state index contributed by atoms with van der Waals surface area (Å²) in [6, 6.07) is 16.5. The van der Waals surface area contributed by atoms with Crippen LogP contribution in [0.15, 0.2) is 66.9 Å². The molecule has 0 spiro atoms. The molecule has 0 saturated heterocycles. The van der Waals surface area contributed by atoms with Crippen molar-refractivity contribution in [3.8, 4) is 33.5 Å². The van der Waals surface area contributed by atoms with Gasteiger partial charge in [0.15, 0.2) is 5.82 Å². The number of rotatable bonds is 3. The Morgan fingerprint density at radius 3 is 1.90 bits per heavy atom. The molecule has 0 fully saturated rings. The fourth-order valence-corrected chi connectivity index (χ4v) is 3.97. The molecule has 31 heavy (non-hydrogen) atoms. The van der Waals surface area contributed by atoms with Crippen LogP contribution in [0.4, 0.5) is 13.2 Å². The minimum absolute atomic E-state index is 0.335. The smallest absolute Gasteiger partial charge is 0.207 e. The van der Waals surface area contributed by atoms with E-state index in [1.165, 1.54) is 23.9 Å². The second kappa shape index (κ2) is 8.03. The van der Waals surface area contributed by atoms with Gasteiger partial charge >= 0.3 is 0 Å². The van der Waals surface area contributed by atoms with E-state index in [0.29, 0.717) is 22.3 Å². The van der Waals surface area contributed by atoms with Crippen LogP contribution >= 0.6 is 0 Å². The standard InChI is InChI=1S/C27H23F3N/c1-16-9-17(2)18(3)24(10-16)27-14-25(26(30)15-31(27)4)20-7-5-19(6-8-20)21-11-22(28)13-23(29)12-21/h5-15H,1-4H3/q+1. The summed E-state index contributed by atoms with van der Waals surface area (Å²) in [6.45, 7) is 6.19. The predicted molar refractivity (Wildman–Crippen MR) is 118 cm³/mol. The maximum atomic E-state index is 14.9. The SMILES string of the molecule is Cc1cc(C)c(C)c(-c2cc(-c3ccc(-c4cc(F)cc(F)c4)cc3)c(F)c[n+]2C)c1. The number of aromatic nitrogens is 1. The molecule has 0 saturated carbocycles. The van der Waals surface area contributed by atoms with E-state index in [9.17, 15) is 13.2 Å². The summed E-state index contributed by atoms with van der Waals surface area (Å²) in [7, 11) is 1.83. The molecule has 0 amide bonds. The van der Waals surface area contributed by atoms with Crippen LogP contribution < -0.4 is 4.57 Å². The van der Waals surface area contributed by atoms with Crippen molar-refractivity contribution in [1.29, 1.82) is 0 Å². The molecular weight excluding hydrogens is 395 g/mol. The van der Waals surface area contributed by atoms with Crippen molar-refractivity contribution in [2.45, 2.75) is 20.8 Å². The molecule has 0 bridgehead atoms. The van der Waals surface area contributed by atoms with Crippen molar-refractivity contribution in [3.63, 3.8) is 0 Å². The van der Waals surface area contributed by atoms with E-state index < -0.39 is 11.6 Å². The quantitative estimate of drug-likeness (QED) is 0.320. The Kier molecular flexibility index (Phi) is 5.40. The summed E-state index contributed by atoms with van der Waals surface area (Å²) >= 11 is 0. The van der Waals surface area contributed by atoms with Crippen LogP contribution in [0.25, 0.3) is 33.5 Å². The monoisotopic (exact) mass is 418 g/mol. The van der Waals surface area contributed by atoms with Crippen LogP contribution in [0.1, 0.15) is 16.7 Å². The van der Waals surface area contributed by atoms with Gasteiger partial charge in [0.2, 0.25) is 11.9 Å². The third-order valence-electron chi connectivity index (χ3n) is 5.70. The highest BCUT2D eigenvalue weighted by molar-refractivity contribution is 5.74. The zero-order valence-corrected chi connectivity index (χ0v) is 17.9. The molecule has 156 valence electrons. The van der Waals surface area contributed by atoms with Crippen LogP contribution in [-0.2, 0) is 7.05 Å². The lowest BCUT2D eigenvalue weighted by atomic mass is 9.95. The number of halogens is 3. The number of pyridine rings is 1. The van der Waals surface area contributed by atoms with Crippen molar-refractivity contribution < 1.29 is 17.7 Å². The van der Waals surface area contributed by atoms with Crippen molar-refractivity contribution in [2.24, 2.45) is 7.05 Å². The first-order chi connectivity index (χ1) is 14.7. The van der Waals surface area contributed by atoms with Gasteiger partial charge in [-0.2, -0.15) is 8.96 Å². The summed E-state index contributed by atoms with van der Waals surface area (Å²) in [5.74, 6) is -1.60. The average Bonchev–Trinajstić information content (AvgIpc) is 2.70. The molecule has 3 aromatic carbocycles. The Bertz CT molecular complexity index is 1270. The second-order valence-corrected chi connectivity index (χ2v) is 8.02. The summed E-state index contributed by atoms with van der Waals surface area (Å²) in [4.78, 5) is 0. The Labute approximate surface area is 180 Å². The van der Waals surface area contributed by atoms with E-state index in [4.69, 9.17) is 0 Å². The third kappa shape index (κ3) is 4.11. The predicted octanol–water partition coefficient (Wildman–Crippen LogP) is 6.85. The fourth-order valence-electron chi connectivity index (χ4n) is 3.97. The number of aryl methyl sites for hydroxylation is 3. The minimum Gasteiger partial charge on any atom is -0.207 e. The van der Waals surface area contributed by atoms with E-state index in [1.54, 1.807) is 28.8 Å². The summed E-state index contributed by atoms with van der Waals surface area (Å²) in [6.07, 6.45) is 1.48. The lowest BCUT2D eigenvalue weighted by molar-refractivity contribution is -0.661. The van der Waals surface area contributed by atoms with Crippen LogP contribution in [0.3, 0.4) is 0 Å². The normalized spacial score (nSPS) is 11.1. The van der Waals surface area contributed by atoms with E-state index >= 15 is 0 Å². The number of benzene rings is 3. The molecule has 1 nitrogen and oxygen atoms in total. The van der Waals surface area contributed by atoms with Gasteiger partial charge in [-0.3, -0.25) is 0 Å². The highest BCUT2D eigenvalue weighted by atomic mass is 19.1. The zero-order valence-electron chi connectivity index (χ0n) is 17.9. The van der Waals surface area contributed by atoms with Gasteiger partial charge in [-0.25, -0.2) is 8.78 Å². The third-order valence-corrected chi connectivity index (χ3v) is 5.70. The lowest BCUT2D eigenvalue weighted by Crippen LogP contribution is -2.31. The number of hydrogen-bond acceptors (Lipinski definition) is 0. The Morgan fingerprint density at radius 2 is 1.26 bits per heavy atom. The van der Waals surface area contributed by atoms with Gasteiger partial charge < -0.3 is 0 Å². The molecule has 0 aliphatic rings. The van der Waals surface area contributed by atoms with Crippen LogP contribution in [0, 0.1) is 38.2 Å². The molecule has 0 aliphatic heterocycles. The first kappa shape index (κ1) is 20.9. The molecule has 4 rings (SSSR count). The average molecular weight is 418 g/mol. The highest BCUT2D eigenvalue weighted by Crippen LogP contribution is 2.31. The van der Waals surface area contributed by atoms with Gasteiger partial charge in [0.1, 0.15) is 18.7 Å². The van der Waals surface area contributed by atoms with Crippen LogP contribution in [0.5, 0.6) is 0 Å². The first-order valence-corrected chi connectivity index (χ1v) is 10.1. The largest absolute Gasteiger partial charge is 0.213 e. The highest BCUT2D eigenvalue weighted by Gasteiger charge is 2.19. The lowest BCUT2D eigenvalue weighted by Gasteiger charge is -2.11. The second-order valence-electron chi connectivity index (χ2n) is 8.02.